The number of rotatable bonds is 10. The summed E-state index contributed by atoms with van der Waals surface area (Å²) >= 11 is 0. The highest BCUT2D eigenvalue weighted by Gasteiger charge is 2.20. The minimum atomic E-state index is -0.0696. The van der Waals surface area contributed by atoms with Crippen molar-refractivity contribution in [3.63, 3.8) is 0 Å². The summed E-state index contributed by atoms with van der Waals surface area (Å²) in [5.74, 6) is 1.61. The van der Waals surface area contributed by atoms with E-state index in [0.29, 0.717) is 50.3 Å². The number of fused-ring (bicyclic) bond motifs is 1. The molecule has 0 aliphatic carbocycles. The van der Waals surface area contributed by atoms with Gasteiger partial charge in [0.25, 0.3) is 5.91 Å². The monoisotopic (exact) mass is 436 g/mol. The lowest BCUT2D eigenvalue weighted by Gasteiger charge is -2.18. The highest BCUT2D eigenvalue weighted by molar-refractivity contribution is 6.05. The van der Waals surface area contributed by atoms with E-state index in [1.54, 1.807) is 4.90 Å². The van der Waals surface area contributed by atoms with E-state index in [2.05, 4.69) is 9.88 Å². The summed E-state index contributed by atoms with van der Waals surface area (Å²) in [4.78, 5) is 31.2. The van der Waals surface area contributed by atoms with E-state index in [4.69, 9.17) is 9.72 Å². The Morgan fingerprint density at radius 2 is 1.78 bits per heavy atom. The van der Waals surface area contributed by atoms with Gasteiger partial charge < -0.3 is 19.5 Å². The summed E-state index contributed by atoms with van der Waals surface area (Å²) in [6.45, 7) is 10.4. The maximum Gasteiger partial charge on any atom is 0.256 e. The molecule has 3 rings (SSSR count). The van der Waals surface area contributed by atoms with Gasteiger partial charge in [0.2, 0.25) is 5.91 Å². The van der Waals surface area contributed by atoms with Crippen molar-refractivity contribution in [1.29, 1.82) is 0 Å². The number of hydrogen-bond donors (Lipinski definition) is 1. The highest BCUT2D eigenvalue weighted by atomic mass is 16.5. The molecule has 3 aromatic rings. The molecule has 0 aliphatic heterocycles. The second kappa shape index (κ2) is 10.8. The molecule has 0 aliphatic rings. The molecule has 1 heterocycles. The van der Waals surface area contributed by atoms with Gasteiger partial charge in [-0.3, -0.25) is 9.59 Å². The van der Waals surface area contributed by atoms with Crippen LogP contribution in [0, 0.1) is 0 Å². The molecule has 2 amide bonds. The maximum absolute atomic E-state index is 13.1. The second-order valence-electron chi connectivity index (χ2n) is 7.57. The van der Waals surface area contributed by atoms with Crippen molar-refractivity contribution in [3.05, 3.63) is 59.4 Å². The number of ether oxygens (including phenoxy) is 1. The van der Waals surface area contributed by atoms with Crippen molar-refractivity contribution in [2.45, 2.75) is 40.7 Å². The quantitative estimate of drug-likeness (QED) is 0.526. The average molecular weight is 437 g/mol. The topological polar surface area (TPSA) is 76.5 Å². The number of nitrogens with zero attached hydrogens (tertiary/aromatic N) is 3. The standard InChI is InChI=1S/C25H32N4O3/c1-5-28(6-2)25(31)21-9-8-10-22-24(21)27-23(29(22)16-15-26-18(4)30)17-19-11-13-20(14-12-19)32-7-3/h8-14H,5-7,15-17H2,1-4H3,(H,26,30). The van der Waals surface area contributed by atoms with Gasteiger partial charge in [-0.15, -0.1) is 0 Å². The van der Waals surface area contributed by atoms with Crippen LogP contribution in [0.5, 0.6) is 5.75 Å². The molecule has 0 fully saturated rings. The number of benzene rings is 2. The van der Waals surface area contributed by atoms with Gasteiger partial charge in [-0.25, -0.2) is 4.98 Å². The van der Waals surface area contributed by atoms with E-state index in [-0.39, 0.29) is 11.8 Å². The Labute approximate surface area is 189 Å². The summed E-state index contributed by atoms with van der Waals surface area (Å²) in [7, 11) is 0. The fourth-order valence-electron chi connectivity index (χ4n) is 3.83. The van der Waals surface area contributed by atoms with Crippen LogP contribution in [0.1, 0.15) is 49.4 Å². The van der Waals surface area contributed by atoms with Gasteiger partial charge in [0, 0.05) is 39.5 Å². The Kier molecular flexibility index (Phi) is 7.87. The summed E-state index contributed by atoms with van der Waals surface area (Å²) < 4.78 is 7.64. The van der Waals surface area contributed by atoms with E-state index < -0.39 is 0 Å². The number of hydrogen-bond acceptors (Lipinski definition) is 4. The molecular formula is C25H32N4O3. The van der Waals surface area contributed by atoms with E-state index in [0.717, 1.165) is 22.7 Å². The fourth-order valence-corrected chi connectivity index (χ4v) is 3.83. The maximum atomic E-state index is 13.1. The van der Waals surface area contributed by atoms with Crippen LogP contribution in [0.15, 0.2) is 42.5 Å². The molecule has 32 heavy (non-hydrogen) atoms. The van der Waals surface area contributed by atoms with E-state index in [1.165, 1.54) is 6.92 Å². The van der Waals surface area contributed by atoms with Crippen LogP contribution < -0.4 is 10.1 Å². The SMILES string of the molecule is CCOc1ccc(Cc2nc3c(C(=O)N(CC)CC)cccc3n2CCNC(C)=O)cc1. The van der Waals surface area contributed by atoms with Gasteiger partial charge in [-0.2, -0.15) is 0 Å². The summed E-state index contributed by atoms with van der Waals surface area (Å²) in [6, 6.07) is 13.7. The minimum Gasteiger partial charge on any atom is -0.494 e. The van der Waals surface area contributed by atoms with Crippen LogP contribution in [0.25, 0.3) is 11.0 Å². The van der Waals surface area contributed by atoms with Gasteiger partial charge in [0.15, 0.2) is 0 Å². The normalized spacial score (nSPS) is 10.9. The van der Waals surface area contributed by atoms with Crippen LogP contribution in [-0.2, 0) is 17.8 Å². The molecule has 7 nitrogen and oxygen atoms in total. The van der Waals surface area contributed by atoms with Crippen molar-refractivity contribution in [2.24, 2.45) is 0 Å². The van der Waals surface area contributed by atoms with Gasteiger partial charge in [-0.1, -0.05) is 18.2 Å². The lowest BCUT2D eigenvalue weighted by molar-refractivity contribution is -0.118. The first kappa shape index (κ1) is 23.3. The van der Waals surface area contributed by atoms with Gasteiger partial charge >= 0.3 is 0 Å². The highest BCUT2D eigenvalue weighted by Crippen LogP contribution is 2.24. The Morgan fingerprint density at radius 1 is 1.06 bits per heavy atom. The molecule has 170 valence electrons. The summed E-state index contributed by atoms with van der Waals surface area (Å²) in [5.41, 5.74) is 3.31. The molecule has 2 aromatic carbocycles. The van der Waals surface area contributed by atoms with Crippen molar-refractivity contribution >= 4 is 22.8 Å². The molecule has 0 unspecified atom stereocenters. The summed E-state index contributed by atoms with van der Waals surface area (Å²) in [5, 5.41) is 2.86. The minimum absolute atomic E-state index is 0.0141. The first-order valence-electron chi connectivity index (χ1n) is 11.2. The van der Waals surface area contributed by atoms with Crippen molar-refractivity contribution in [3.8, 4) is 5.75 Å². The first-order valence-corrected chi connectivity index (χ1v) is 11.2. The lowest BCUT2D eigenvalue weighted by Crippen LogP contribution is -2.30. The number of carbonyl (C=O) groups excluding carboxylic acids is 2. The largest absolute Gasteiger partial charge is 0.494 e. The predicted octanol–water partition coefficient (Wildman–Crippen LogP) is 3.64. The molecule has 0 bridgehead atoms. The third-order valence-electron chi connectivity index (χ3n) is 5.44. The second-order valence-corrected chi connectivity index (χ2v) is 7.57. The zero-order valence-corrected chi connectivity index (χ0v) is 19.4. The molecule has 0 saturated heterocycles. The number of nitrogens with one attached hydrogen (secondary N) is 1. The van der Waals surface area contributed by atoms with E-state index in [9.17, 15) is 9.59 Å². The third-order valence-corrected chi connectivity index (χ3v) is 5.44. The van der Waals surface area contributed by atoms with Crippen LogP contribution in [0.4, 0.5) is 0 Å². The Morgan fingerprint density at radius 3 is 2.41 bits per heavy atom. The van der Waals surface area contributed by atoms with Crippen molar-refractivity contribution < 1.29 is 14.3 Å². The third kappa shape index (κ3) is 5.28. The van der Waals surface area contributed by atoms with E-state index >= 15 is 0 Å². The molecule has 0 saturated carbocycles. The zero-order chi connectivity index (χ0) is 23.1. The number of aromatic nitrogens is 2. The van der Waals surface area contributed by atoms with Crippen LogP contribution in [0.3, 0.4) is 0 Å². The van der Waals surface area contributed by atoms with Crippen molar-refractivity contribution in [2.75, 3.05) is 26.2 Å². The number of para-hydroxylation sites is 1. The molecule has 1 aromatic heterocycles. The number of amides is 2. The smallest absolute Gasteiger partial charge is 0.256 e. The lowest BCUT2D eigenvalue weighted by atomic mass is 10.1. The molecule has 0 radical (unpaired) electrons. The van der Waals surface area contributed by atoms with Gasteiger partial charge in [0.1, 0.15) is 17.1 Å². The van der Waals surface area contributed by atoms with Crippen molar-refractivity contribution in [1.82, 2.24) is 19.8 Å². The molecule has 0 spiro atoms. The average Bonchev–Trinajstić information content (AvgIpc) is 3.13. The Balaban J connectivity index is 2.01. The van der Waals surface area contributed by atoms with Gasteiger partial charge in [0.05, 0.1) is 17.7 Å². The fraction of sp³-hybridized carbons (Fsp3) is 0.400. The first-order chi connectivity index (χ1) is 15.5. The number of imidazole rings is 1. The molecule has 1 N–H and O–H groups in total. The zero-order valence-electron chi connectivity index (χ0n) is 19.4. The Bertz CT molecular complexity index is 1070. The summed E-state index contributed by atoms with van der Waals surface area (Å²) in [6.07, 6.45) is 0.611. The van der Waals surface area contributed by atoms with Crippen LogP contribution >= 0.6 is 0 Å². The predicted molar refractivity (Wildman–Crippen MR) is 126 cm³/mol. The molecule has 7 heteroatoms. The van der Waals surface area contributed by atoms with E-state index in [1.807, 2.05) is 63.2 Å². The molecular weight excluding hydrogens is 404 g/mol. The number of carbonyl (C=O) groups is 2. The van der Waals surface area contributed by atoms with Crippen LogP contribution in [-0.4, -0.2) is 52.5 Å². The molecule has 0 atom stereocenters. The van der Waals surface area contributed by atoms with Crippen LogP contribution in [0.2, 0.25) is 0 Å². The van der Waals surface area contributed by atoms with Gasteiger partial charge in [-0.05, 0) is 50.6 Å². The Hall–Kier alpha value is -3.35.